The zero-order valence-electron chi connectivity index (χ0n) is 11.2. The number of hydrogen-bond acceptors (Lipinski definition) is 3. The van der Waals surface area contributed by atoms with E-state index in [-0.39, 0.29) is 13.0 Å². The summed E-state index contributed by atoms with van der Waals surface area (Å²) in [6, 6.07) is 4.42. The minimum Gasteiger partial charge on any atom is -0.376 e. The Morgan fingerprint density at radius 1 is 1.26 bits per heavy atom. The van der Waals surface area contributed by atoms with Crippen LogP contribution in [-0.4, -0.2) is 18.8 Å². The van der Waals surface area contributed by atoms with Gasteiger partial charge < -0.3 is 10.1 Å². The quantitative estimate of drug-likeness (QED) is 0.729. The van der Waals surface area contributed by atoms with Crippen molar-refractivity contribution in [1.29, 1.82) is 0 Å². The average molecular weight is 295 g/mol. The minimum atomic E-state index is -4.08. The van der Waals surface area contributed by atoms with E-state index in [1.807, 2.05) is 12.1 Å². The Balaban J connectivity index is 2.16. The van der Waals surface area contributed by atoms with E-state index in [0.29, 0.717) is 12.6 Å². The lowest BCUT2D eigenvalue weighted by molar-refractivity contribution is -0.138. The molecule has 110 valence electrons. The topological polar surface area (TPSA) is 21.3 Å². The summed E-state index contributed by atoms with van der Waals surface area (Å²) in [5.74, 6) is 0. The maximum Gasteiger partial charge on any atom is 0.389 e. The third kappa shape index (κ3) is 8.23. The molecule has 0 amide bonds. The van der Waals surface area contributed by atoms with Gasteiger partial charge in [0.05, 0.1) is 6.61 Å². The van der Waals surface area contributed by atoms with Crippen LogP contribution in [-0.2, 0) is 17.9 Å². The third-order valence-electron chi connectivity index (χ3n) is 2.40. The zero-order valence-corrected chi connectivity index (χ0v) is 12.0. The van der Waals surface area contributed by atoms with Crippen molar-refractivity contribution in [2.24, 2.45) is 0 Å². The van der Waals surface area contributed by atoms with Gasteiger partial charge in [0.2, 0.25) is 0 Å². The predicted octanol–water partition coefficient (Wildman–Crippen LogP) is 4.11. The van der Waals surface area contributed by atoms with Crippen LogP contribution in [0.15, 0.2) is 12.1 Å². The van der Waals surface area contributed by atoms with Crippen LogP contribution in [0.25, 0.3) is 0 Å². The van der Waals surface area contributed by atoms with Gasteiger partial charge in [-0.2, -0.15) is 13.2 Å². The Bertz CT molecular complexity index is 363. The van der Waals surface area contributed by atoms with Gasteiger partial charge in [0.1, 0.15) is 0 Å². The molecule has 0 saturated carbocycles. The smallest absolute Gasteiger partial charge is 0.376 e. The van der Waals surface area contributed by atoms with Crippen molar-refractivity contribution in [3.05, 3.63) is 21.9 Å². The van der Waals surface area contributed by atoms with E-state index in [0.717, 1.165) is 11.4 Å². The van der Waals surface area contributed by atoms with Crippen LogP contribution in [0.5, 0.6) is 0 Å². The normalized spacial score (nSPS) is 12.3. The fourth-order valence-electron chi connectivity index (χ4n) is 1.45. The van der Waals surface area contributed by atoms with E-state index in [2.05, 4.69) is 19.2 Å². The summed E-state index contributed by atoms with van der Waals surface area (Å²) in [6.07, 6.45) is -4.83. The van der Waals surface area contributed by atoms with Crippen molar-refractivity contribution in [3.8, 4) is 0 Å². The van der Waals surface area contributed by atoms with Crippen molar-refractivity contribution in [1.82, 2.24) is 5.32 Å². The molecule has 1 N–H and O–H groups in total. The van der Waals surface area contributed by atoms with Crippen LogP contribution in [0.1, 0.15) is 36.4 Å². The van der Waals surface area contributed by atoms with Crippen LogP contribution in [0.3, 0.4) is 0 Å². The third-order valence-corrected chi connectivity index (χ3v) is 3.45. The van der Waals surface area contributed by atoms with Gasteiger partial charge in [-0.3, -0.25) is 0 Å². The minimum absolute atomic E-state index is 0.0244. The van der Waals surface area contributed by atoms with E-state index in [4.69, 9.17) is 4.74 Å². The lowest BCUT2D eigenvalue weighted by Crippen LogP contribution is -2.21. The second kappa shape index (κ2) is 7.87. The van der Waals surface area contributed by atoms with Crippen LogP contribution < -0.4 is 5.32 Å². The highest BCUT2D eigenvalue weighted by Gasteiger charge is 2.25. The lowest BCUT2D eigenvalue weighted by Gasteiger charge is -2.06. The molecule has 0 unspecified atom stereocenters. The fourth-order valence-corrected chi connectivity index (χ4v) is 2.35. The van der Waals surface area contributed by atoms with E-state index in [1.165, 1.54) is 4.88 Å². The van der Waals surface area contributed by atoms with Gasteiger partial charge in [0, 0.05) is 35.4 Å². The summed E-state index contributed by atoms with van der Waals surface area (Å²) in [4.78, 5) is 2.26. The van der Waals surface area contributed by atoms with Gasteiger partial charge in [-0.05, 0) is 18.6 Å². The maximum absolute atomic E-state index is 11.9. The molecule has 0 bridgehead atoms. The van der Waals surface area contributed by atoms with Crippen molar-refractivity contribution in [2.45, 2.75) is 52.1 Å². The van der Waals surface area contributed by atoms with E-state index in [1.54, 1.807) is 11.3 Å². The number of alkyl halides is 3. The highest BCUT2D eigenvalue weighted by Crippen LogP contribution is 2.22. The van der Waals surface area contributed by atoms with Crippen LogP contribution in [0, 0.1) is 0 Å². The molecule has 1 aromatic heterocycles. The highest BCUT2D eigenvalue weighted by molar-refractivity contribution is 7.11. The first kappa shape index (κ1) is 16.5. The fraction of sp³-hybridized carbons (Fsp3) is 0.692. The molecular weight excluding hydrogens is 275 g/mol. The van der Waals surface area contributed by atoms with Crippen LogP contribution in [0.2, 0.25) is 0 Å². The SMILES string of the molecule is CC(C)NCc1ccc(COCCCC(F)(F)F)s1. The summed E-state index contributed by atoms with van der Waals surface area (Å²) < 4.78 is 40.9. The Morgan fingerprint density at radius 3 is 2.58 bits per heavy atom. The molecule has 0 radical (unpaired) electrons. The molecule has 1 rings (SSSR count). The summed E-state index contributed by atoms with van der Waals surface area (Å²) >= 11 is 1.63. The standard InChI is InChI=1S/C13H20F3NOS/c1-10(2)17-8-11-4-5-12(19-11)9-18-7-3-6-13(14,15)16/h4-5,10,17H,3,6-9H2,1-2H3. The lowest BCUT2D eigenvalue weighted by atomic mass is 10.3. The number of ether oxygens (including phenoxy) is 1. The van der Waals surface area contributed by atoms with Crippen LogP contribution >= 0.6 is 11.3 Å². The molecule has 6 heteroatoms. The molecule has 0 aromatic carbocycles. The Kier molecular flexibility index (Phi) is 6.82. The van der Waals surface area contributed by atoms with Gasteiger partial charge in [0.25, 0.3) is 0 Å². The van der Waals surface area contributed by atoms with Crippen LogP contribution in [0.4, 0.5) is 13.2 Å². The molecule has 0 atom stereocenters. The number of rotatable bonds is 8. The molecule has 0 aliphatic heterocycles. The number of thiophene rings is 1. The van der Waals surface area contributed by atoms with Gasteiger partial charge in [-0.25, -0.2) is 0 Å². The van der Waals surface area contributed by atoms with Crippen molar-refractivity contribution in [3.63, 3.8) is 0 Å². The molecule has 0 aliphatic carbocycles. The zero-order chi connectivity index (χ0) is 14.3. The highest BCUT2D eigenvalue weighted by atomic mass is 32.1. The Hall–Kier alpha value is -0.590. The number of nitrogens with one attached hydrogen (secondary N) is 1. The van der Waals surface area contributed by atoms with Gasteiger partial charge in [-0.15, -0.1) is 11.3 Å². The molecular formula is C13H20F3NOS. The molecule has 0 fully saturated rings. The Labute approximate surface area is 116 Å². The second-order valence-electron chi connectivity index (χ2n) is 4.67. The average Bonchev–Trinajstić information content (AvgIpc) is 2.72. The maximum atomic E-state index is 11.9. The second-order valence-corrected chi connectivity index (χ2v) is 5.93. The number of halogens is 3. The van der Waals surface area contributed by atoms with Crippen molar-refractivity contribution >= 4 is 11.3 Å². The molecule has 0 spiro atoms. The molecule has 1 heterocycles. The van der Waals surface area contributed by atoms with Crippen molar-refractivity contribution < 1.29 is 17.9 Å². The molecule has 0 saturated heterocycles. The molecule has 2 nitrogen and oxygen atoms in total. The first-order valence-corrected chi connectivity index (χ1v) is 7.14. The molecule has 19 heavy (non-hydrogen) atoms. The summed E-state index contributed by atoms with van der Waals surface area (Å²) in [7, 11) is 0. The van der Waals surface area contributed by atoms with E-state index < -0.39 is 12.6 Å². The summed E-state index contributed by atoms with van der Waals surface area (Å²) in [5.41, 5.74) is 0. The Morgan fingerprint density at radius 2 is 1.95 bits per heavy atom. The van der Waals surface area contributed by atoms with Gasteiger partial charge in [0.15, 0.2) is 0 Å². The van der Waals surface area contributed by atoms with E-state index >= 15 is 0 Å². The van der Waals surface area contributed by atoms with Gasteiger partial charge >= 0.3 is 6.18 Å². The largest absolute Gasteiger partial charge is 0.389 e. The first-order chi connectivity index (χ1) is 8.87. The molecule has 1 aromatic rings. The monoisotopic (exact) mass is 295 g/mol. The predicted molar refractivity (Wildman–Crippen MR) is 71.2 cm³/mol. The number of hydrogen-bond donors (Lipinski definition) is 1. The molecule has 0 aliphatic rings. The summed E-state index contributed by atoms with van der Waals surface area (Å²) in [6.45, 7) is 5.52. The van der Waals surface area contributed by atoms with E-state index in [9.17, 15) is 13.2 Å². The summed E-state index contributed by atoms with van der Waals surface area (Å²) in [5, 5.41) is 3.31. The van der Waals surface area contributed by atoms with Crippen molar-refractivity contribution in [2.75, 3.05) is 6.61 Å². The first-order valence-electron chi connectivity index (χ1n) is 6.32. The van der Waals surface area contributed by atoms with Gasteiger partial charge in [-0.1, -0.05) is 13.8 Å².